The lowest BCUT2D eigenvalue weighted by molar-refractivity contribution is -0.0231. The van der Waals surface area contributed by atoms with E-state index < -0.39 is 6.98 Å². The highest BCUT2D eigenvalue weighted by Crippen LogP contribution is 2.36. The molecular weight excluding hydrogens is 172 g/mol. The third kappa shape index (κ3) is 1.49. The average molecular weight is 197 g/mol. The van der Waals surface area contributed by atoms with E-state index >= 15 is 0 Å². The Kier molecular flexibility index (Phi) is 1.62. The number of piperidine rings is 3. The predicted molar refractivity (Wildman–Crippen MR) is 58.3 cm³/mol. The van der Waals surface area contributed by atoms with Crippen LogP contribution in [0.15, 0.2) is 0 Å². The fraction of sp³-hybridized carbons (Fsp3) is 1.00. The molecule has 0 unspecified atom stereocenters. The summed E-state index contributed by atoms with van der Waals surface area (Å²) in [6, 6.07) is 0.671. The van der Waals surface area contributed by atoms with Gasteiger partial charge in [-0.1, -0.05) is 6.42 Å². The van der Waals surface area contributed by atoms with Gasteiger partial charge in [0.05, 0.1) is 0 Å². The van der Waals surface area contributed by atoms with Crippen molar-refractivity contribution in [3.63, 3.8) is 0 Å². The van der Waals surface area contributed by atoms with E-state index in [-0.39, 0.29) is 0 Å². The van der Waals surface area contributed by atoms with Gasteiger partial charge in [0.2, 0.25) is 0 Å². The van der Waals surface area contributed by atoms with E-state index in [4.69, 9.17) is 4.11 Å². The standard InChI is InChI=1S/C12H22N2/c1-13-7-10-6-11(9-13)12-4-2-3-5-14(12)8-10/h10-12H,2-9H2,1H3/t10-,11+,12-/m0/s1/i1D3. The van der Waals surface area contributed by atoms with Crippen molar-refractivity contribution in [3.05, 3.63) is 0 Å². The number of hydrogen-bond donors (Lipinski definition) is 0. The Bertz CT molecular complexity index is 292. The zero-order chi connectivity index (χ0) is 12.0. The van der Waals surface area contributed by atoms with E-state index in [0.29, 0.717) is 17.9 Å². The first-order valence-electron chi connectivity index (χ1n) is 7.53. The van der Waals surface area contributed by atoms with E-state index in [9.17, 15) is 0 Å². The summed E-state index contributed by atoms with van der Waals surface area (Å²) in [4.78, 5) is 4.39. The lowest BCUT2D eigenvalue weighted by atomic mass is 9.76. The lowest BCUT2D eigenvalue weighted by Crippen LogP contribution is -2.58. The number of fused-ring (bicyclic) bond motifs is 4. The molecule has 80 valence electrons. The van der Waals surface area contributed by atoms with E-state index in [1.807, 2.05) is 0 Å². The fourth-order valence-corrected chi connectivity index (χ4v) is 3.77. The zero-order valence-electron chi connectivity index (χ0n) is 11.8. The quantitative estimate of drug-likeness (QED) is 0.579. The second-order valence-electron chi connectivity index (χ2n) is 5.32. The molecule has 0 aromatic carbocycles. The summed E-state index contributed by atoms with van der Waals surface area (Å²) < 4.78 is 22.7. The van der Waals surface area contributed by atoms with Gasteiger partial charge >= 0.3 is 0 Å². The van der Waals surface area contributed by atoms with Crippen LogP contribution in [0.5, 0.6) is 0 Å². The third-order valence-electron chi connectivity index (χ3n) is 4.27. The molecule has 3 aliphatic rings. The first-order chi connectivity index (χ1) is 8.04. The second kappa shape index (κ2) is 3.49. The first-order valence-corrected chi connectivity index (χ1v) is 6.03. The normalized spacial score (nSPS) is 48.9. The molecule has 0 radical (unpaired) electrons. The van der Waals surface area contributed by atoms with Crippen molar-refractivity contribution in [2.45, 2.75) is 31.7 Å². The van der Waals surface area contributed by atoms with Crippen molar-refractivity contribution < 1.29 is 4.11 Å². The molecule has 14 heavy (non-hydrogen) atoms. The summed E-state index contributed by atoms with van der Waals surface area (Å²) in [7, 11) is 0. The maximum Gasteiger partial charge on any atom is 0.0394 e. The van der Waals surface area contributed by atoms with Crippen LogP contribution in [0.25, 0.3) is 0 Å². The summed E-state index contributed by atoms with van der Waals surface area (Å²) in [5.74, 6) is 1.19. The molecule has 3 atom stereocenters. The van der Waals surface area contributed by atoms with Crippen LogP contribution in [0.1, 0.15) is 29.8 Å². The summed E-state index contributed by atoms with van der Waals surface area (Å²) in [5.41, 5.74) is 0. The van der Waals surface area contributed by atoms with Crippen LogP contribution >= 0.6 is 0 Å². The molecule has 0 amide bonds. The Labute approximate surface area is 91.5 Å². The molecule has 2 nitrogen and oxygen atoms in total. The molecule has 3 saturated heterocycles. The Balaban J connectivity index is 1.74. The predicted octanol–water partition coefficient (Wildman–Crippen LogP) is 1.42. The number of nitrogens with zero attached hydrogens (tertiary/aromatic N) is 2. The highest BCUT2D eigenvalue weighted by Gasteiger charge is 2.40. The second-order valence-corrected chi connectivity index (χ2v) is 5.32. The van der Waals surface area contributed by atoms with E-state index in [0.717, 1.165) is 19.6 Å². The molecule has 0 aromatic rings. The van der Waals surface area contributed by atoms with Crippen molar-refractivity contribution in [1.82, 2.24) is 9.80 Å². The molecule has 2 heteroatoms. The Morgan fingerprint density at radius 1 is 1.21 bits per heavy atom. The van der Waals surface area contributed by atoms with Crippen molar-refractivity contribution >= 4 is 0 Å². The molecule has 2 bridgehead atoms. The van der Waals surface area contributed by atoms with Gasteiger partial charge in [-0.2, -0.15) is 0 Å². The maximum absolute atomic E-state index is 7.58. The summed E-state index contributed by atoms with van der Waals surface area (Å²) in [6.45, 7) is 2.05. The van der Waals surface area contributed by atoms with Gasteiger partial charge in [-0.25, -0.2) is 0 Å². The summed E-state index contributed by atoms with van der Waals surface area (Å²) in [6.07, 6.45) is 5.20. The number of likely N-dealkylation sites (tertiary alicyclic amines) is 1. The Morgan fingerprint density at radius 2 is 2.21 bits per heavy atom. The smallest absolute Gasteiger partial charge is 0.0394 e. The van der Waals surface area contributed by atoms with Gasteiger partial charge < -0.3 is 4.90 Å². The van der Waals surface area contributed by atoms with Crippen molar-refractivity contribution in [2.24, 2.45) is 11.8 Å². The van der Waals surface area contributed by atoms with Gasteiger partial charge in [0, 0.05) is 29.8 Å². The van der Waals surface area contributed by atoms with Crippen molar-refractivity contribution in [1.29, 1.82) is 0 Å². The highest BCUT2D eigenvalue weighted by atomic mass is 15.2. The topological polar surface area (TPSA) is 6.48 Å². The van der Waals surface area contributed by atoms with Crippen LogP contribution in [0.3, 0.4) is 0 Å². The molecule has 0 N–H and O–H groups in total. The Hall–Kier alpha value is -0.0800. The van der Waals surface area contributed by atoms with E-state index in [1.54, 1.807) is 4.90 Å². The van der Waals surface area contributed by atoms with Crippen LogP contribution in [0.2, 0.25) is 0 Å². The molecule has 0 spiro atoms. The monoisotopic (exact) mass is 197 g/mol. The van der Waals surface area contributed by atoms with Crippen LogP contribution in [-0.4, -0.2) is 49.0 Å². The summed E-state index contributed by atoms with van der Waals surface area (Å²) >= 11 is 0. The molecule has 3 rings (SSSR count). The maximum atomic E-state index is 7.58. The molecule has 0 aromatic heterocycles. The van der Waals surface area contributed by atoms with Gasteiger partial charge in [0.25, 0.3) is 0 Å². The van der Waals surface area contributed by atoms with Crippen molar-refractivity contribution in [2.75, 3.05) is 33.2 Å². The first kappa shape index (κ1) is 6.49. The number of rotatable bonds is 0. The minimum absolute atomic E-state index is 0.587. The molecule has 0 saturated carbocycles. The molecular formula is C12H22N2. The molecule has 0 aliphatic carbocycles. The van der Waals surface area contributed by atoms with Crippen LogP contribution in [0, 0.1) is 11.8 Å². The minimum Gasteiger partial charge on any atom is -0.306 e. The SMILES string of the molecule is [2H]C([2H])([2H])N1C[C@@H]2C[C@H](C1)[C@@H]1CCCCN1C2. The highest BCUT2D eigenvalue weighted by molar-refractivity contribution is 4.94. The number of hydrogen-bond acceptors (Lipinski definition) is 2. The van der Waals surface area contributed by atoms with Gasteiger partial charge in [0.1, 0.15) is 0 Å². The molecule has 3 fully saturated rings. The van der Waals surface area contributed by atoms with E-state index in [2.05, 4.69) is 4.90 Å². The van der Waals surface area contributed by atoms with Crippen LogP contribution in [-0.2, 0) is 0 Å². The van der Waals surface area contributed by atoms with Gasteiger partial charge in [0.15, 0.2) is 0 Å². The van der Waals surface area contributed by atoms with Gasteiger partial charge in [-0.3, -0.25) is 4.90 Å². The van der Waals surface area contributed by atoms with Gasteiger partial charge in [-0.05, 0) is 44.6 Å². The van der Waals surface area contributed by atoms with Gasteiger partial charge in [-0.15, -0.1) is 0 Å². The zero-order valence-corrected chi connectivity index (χ0v) is 8.78. The van der Waals surface area contributed by atoms with Crippen LogP contribution in [0.4, 0.5) is 0 Å². The fourth-order valence-electron chi connectivity index (χ4n) is 3.77. The lowest BCUT2D eigenvalue weighted by Gasteiger charge is -2.52. The molecule has 3 heterocycles. The third-order valence-corrected chi connectivity index (χ3v) is 4.27. The molecule has 3 aliphatic heterocycles. The van der Waals surface area contributed by atoms with Crippen molar-refractivity contribution in [3.8, 4) is 0 Å². The summed E-state index contributed by atoms with van der Waals surface area (Å²) in [5, 5.41) is 0. The minimum atomic E-state index is -1.88. The largest absolute Gasteiger partial charge is 0.306 e. The Morgan fingerprint density at radius 3 is 3.14 bits per heavy atom. The van der Waals surface area contributed by atoms with Crippen LogP contribution < -0.4 is 0 Å². The average Bonchev–Trinajstić information content (AvgIpc) is 2.27. The van der Waals surface area contributed by atoms with E-state index in [1.165, 1.54) is 32.2 Å².